The molecule has 0 saturated heterocycles. The van der Waals surface area contributed by atoms with Gasteiger partial charge in [-0.05, 0) is 121 Å². The maximum Gasteiger partial charge on any atom is 0.0640 e. The zero-order chi connectivity index (χ0) is 41.4. The molecule has 0 spiro atoms. The molecule has 294 valence electrons. The van der Waals surface area contributed by atoms with Gasteiger partial charge in [0, 0.05) is 43.3 Å². The summed E-state index contributed by atoms with van der Waals surface area (Å²) in [7, 11) is 0. The maximum absolute atomic E-state index is 2.44. The molecule has 0 radical (unpaired) electrons. The van der Waals surface area contributed by atoms with Crippen LogP contribution in [0.15, 0.2) is 231 Å². The summed E-state index contributed by atoms with van der Waals surface area (Å²) in [5.74, 6) is 0. The number of nitrogens with zero attached hydrogens (tertiary/aromatic N) is 2. The Bertz CT molecular complexity index is 3860. The maximum atomic E-state index is 2.44. The van der Waals surface area contributed by atoms with Gasteiger partial charge in [-0.3, -0.25) is 0 Å². The van der Waals surface area contributed by atoms with Crippen LogP contribution in [-0.4, -0.2) is 4.57 Å². The smallest absolute Gasteiger partial charge is 0.0640 e. The summed E-state index contributed by atoms with van der Waals surface area (Å²) in [6, 6.07) is 84.6. The predicted octanol–water partition coefficient (Wildman–Crippen LogP) is 17.4. The molecule has 0 saturated carbocycles. The van der Waals surface area contributed by atoms with Crippen molar-refractivity contribution in [2.75, 3.05) is 4.90 Å². The van der Waals surface area contributed by atoms with Gasteiger partial charge in [0.1, 0.15) is 0 Å². The second kappa shape index (κ2) is 14.3. The van der Waals surface area contributed by atoms with Crippen LogP contribution >= 0.6 is 11.3 Å². The largest absolute Gasteiger partial charge is 0.309 e. The Balaban J connectivity index is 0.927. The quantitative estimate of drug-likeness (QED) is 0.152. The van der Waals surface area contributed by atoms with Crippen LogP contribution in [0.4, 0.5) is 17.1 Å². The highest BCUT2D eigenvalue weighted by Crippen LogP contribution is 2.46. The van der Waals surface area contributed by atoms with Crippen LogP contribution < -0.4 is 4.90 Å². The average molecular weight is 819 g/mol. The van der Waals surface area contributed by atoms with Crippen molar-refractivity contribution in [1.82, 2.24) is 4.57 Å². The van der Waals surface area contributed by atoms with E-state index < -0.39 is 0 Å². The highest BCUT2D eigenvalue weighted by molar-refractivity contribution is 7.26. The lowest BCUT2D eigenvalue weighted by atomic mass is 9.94. The third-order valence-electron chi connectivity index (χ3n) is 13.0. The van der Waals surface area contributed by atoms with Gasteiger partial charge in [0.05, 0.1) is 21.4 Å². The van der Waals surface area contributed by atoms with Crippen LogP contribution in [0, 0.1) is 0 Å². The molecule has 2 aromatic heterocycles. The van der Waals surface area contributed by atoms with Crippen LogP contribution in [0.5, 0.6) is 0 Å². The molecule has 13 rings (SSSR count). The van der Waals surface area contributed by atoms with Gasteiger partial charge in [-0.1, -0.05) is 164 Å². The van der Waals surface area contributed by atoms with E-state index in [1.165, 1.54) is 102 Å². The monoisotopic (exact) mass is 818 g/mol. The molecule has 0 amide bonds. The van der Waals surface area contributed by atoms with E-state index in [0.29, 0.717) is 0 Å². The van der Waals surface area contributed by atoms with E-state index in [2.05, 4.69) is 240 Å². The van der Waals surface area contributed by atoms with E-state index in [1.807, 2.05) is 11.3 Å². The second-order valence-electron chi connectivity index (χ2n) is 16.5. The molecule has 11 aromatic carbocycles. The highest BCUT2D eigenvalue weighted by atomic mass is 32.1. The summed E-state index contributed by atoms with van der Waals surface area (Å²) in [6.45, 7) is 0. The van der Waals surface area contributed by atoms with Crippen molar-refractivity contribution in [2.24, 2.45) is 0 Å². The lowest BCUT2D eigenvalue weighted by Gasteiger charge is -2.26. The standard InChI is InChI=1S/C60H38N2S/c1-2-13-39(14-3-1)40-25-30-43(31-26-40)61(58-23-12-21-53-52-20-9-11-24-59(52)63-60(53)58)44-32-27-41(28-33-44)42-29-36-57-55(37-42)51-19-8-10-22-56(51)62(57)45-34-35-50-48-17-5-4-15-46(48)47-16-6-7-18-49(47)54(50)38-45/h1-38H. The number of anilines is 3. The zero-order valence-electron chi connectivity index (χ0n) is 34.2. The van der Waals surface area contributed by atoms with Gasteiger partial charge in [0.15, 0.2) is 0 Å². The molecule has 63 heavy (non-hydrogen) atoms. The number of thiophene rings is 1. The van der Waals surface area contributed by atoms with E-state index in [9.17, 15) is 0 Å². The Morgan fingerprint density at radius 3 is 1.51 bits per heavy atom. The predicted molar refractivity (Wildman–Crippen MR) is 272 cm³/mol. The molecule has 13 aromatic rings. The first-order valence-electron chi connectivity index (χ1n) is 21.6. The van der Waals surface area contributed by atoms with Crippen molar-refractivity contribution < 1.29 is 0 Å². The van der Waals surface area contributed by atoms with Crippen molar-refractivity contribution in [3.05, 3.63) is 231 Å². The molecule has 0 N–H and O–H groups in total. The van der Waals surface area contributed by atoms with E-state index in [1.54, 1.807) is 0 Å². The lowest BCUT2D eigenvalue weighted by molar-refractivity contribution is 1.19. The molecule has 0 aliphatic carbocycles. The minimum atomic E-state index is 1.12. The second-order valence-corrected chi connectivity index (χ2v) is 17.5. The van der Waals surface area contributed by atoms with Gasteiger partial charge in [0.2, 0.25) is 0 Å². The summed E-state index contributed by atoms with van der Waals surface area (Å²) in [6.07, 6.45) is 0. The van der Waals surface area contributed by atoms with E-state index in [4.69, 9.17) is 0 Å². The SMILES string of the molecule is c1ccc(-c2ccc(N(c3ccc(-c4ccc5c(c4)c4ccccc4n5-c4ccc5c6ccccc6c6ccccc6c5c4)cc3)c3cccc4c3sc3ccccc34)cc2)cc1. The first-order chi connectivity index (χ1) is 31.2. The summed E-state index contributed by atoms with van der Waals surface area (Å²) in [5.41, 5.74) is 11.8. The van der Waals surface area contributed by atoms with Gasteiger partial charge in [-0.15, -0.1) is 11.3 Å². The number of hydrogen-bond donors (Lipinski definition) is 0. The lowest BCUT2D eigenvalue weighted by Crippen LogP contribution is -2.10. The van der Waals surface area contributed by atoms with Gasteiger partial charge >= 0.3 is 0 Å². The van der Waals surface area contributed by atoms with Crippen LogP contribution in [0.1, 0.15) is 0 Å². The highest BCUT2D eigenvalue weighted by Gasteiger charge is 2.20. The molecule has 0 unspecified atom stereocenters. The summed E-state index contributed by atoms with van der Waals surface area (Å²) in [4.78, 5) is 2.42. The Morgan fingerprint density at radius 2 is 0.810 bits per heavy atom. The van der Waals surface area contributed by atoms with Crippen molar-refractivity contribution in [2.45, 2.75) is 0 Å². The van der Waals surface area contributed by atoms with Gasteiger partial charge in [-0.25, -0.2) is 0 Å². The molecule has 2 heterocycles. The van der Waals surface area contributed by atoms with Crippen LogP contribution in [0.2, 0.25) is 0 Å². The Hall–Kier alpha value is -7.98. The molecule has 0 atom stereocenters. The van der Waals surface area contributed by atoms with Gasteiger partial charge < -0.3 is 9.47 Å². The number of aromatic nitrogens is 1. The molecular formula is C60H38N2S. The first-order valence-corrected chi connectivity index (χ1v) is 22.4. The number of rotatable bonds is 6. The molecule has 0 fully saturated rings. The van der Waals surface area contributed by atoms with E-state index in [-0.39, 0.29) is 0 Å². The zero-order valence-corrected chi connectivity index (χ0v) is 35.1. The Labute approximate surface area is 368 Å². The van der Waals surface area contributed by atoms with Gasteiger partial charge in [-0.2, -0.15) is 0 Å². The number of hydrogen-bond acceptors (Lipinski definition) is 2. The average Bonchev–Trinajstić information content (AvgIpc) is 3.91. The van der Waals surface area contributed by atoms with Crippen molar-refractivity contribution in [1.29, 1.82) is 0 Å². The molecule has 2 nitrogen and oxygen atoms in total. The third kappa shape index (κ3) is 5.71. The fraction of sp³-hybridized carbons (Fsp3) is 0. The summed E-state index contributed by atoms with van der Waals surface area (Å²) >= 11 is 1.87. The summed E-state index contributed by atoms with van der Waals surface area (Å²) < 4.78 is 5.02. The fourth-order valence-electron chi connectivity index (χ4n) is 10.0. The normalized spacial score (nSPS) is 11.8. The topological polar surface area (TPSA) is 8.17 Å². The summed E-state index contributed by atoms with van der Waals surface area (Å²) in [5, 5.41) is 12.8. The van der Waals surface area contributed by atoms with E-state index >= 15 is 0 Å². The molecular weight excluding hydrogens is 781 g/mol. The molecule has 0 aliphatic rings. The minimum Gasteiger partial charge on any atom is -0.309 e. The number of benzene rings is 11. The minimum absolute atomic E-state index is 1.12. The molecule has 0 aliphatic heterocycles. The number of fused-ring (bicyclic) bond motifs is 12. The first kappa shape index (κ1) is 35.7. The van der Waals surface area contributed by atoms with E-state index in [0.717, 1.165) is 17.1 Å². The molecule has 0 bridgehead atoms. The van der Waals surface area contributed by atoms with Crippen molar-refractivity contribution in [3.63, 3.8) is 0 Å². The Morgan fingerprint density at radius 1 is 0.302 bits per heavy atom. The molecule has 3 heteroatoms. The van der Waals surface area contributed by atoms with Crippen molar-refractivity contribution in [3.8, 4) is 27.9 Å². The van der Waals surface area contributed by atoms with Gasteiger partial charge in [0.25, 0.3) is 0 Å². The van der Waals surface area contributed by atoms with Crippen LogP contribution in [0.25, 0.3) is 102 Å². The van der Waals surface area contributed by atoms with Crippen molar-refractivity contribution >= 4 is 103 Å². The van der Waals surface area contributed by atoms with Crippen LogP contribution in [-0.2, 0) is 0 Å². The third-order valence-corrected chi connectivity index (χ3v) is 14.2. The van der Waals surface area contributed by atoms with Crippen LogP contribution in [0.3, 0.4) is 0 Å². The fourth-order valence-corrected chi connectivity index (χ4v) is 11.2. The Kier molecular flexibility index (Phi) is 8.12. The number of para-hydroxylation sites is 1.